The number of hydrogen-bond acceptors (Lipinski definition) is 10. The predicted molar refractivity (Wildman–Crippen MR) is 189 cm³/mol. The zero-order valence-corrected chi connectivity index (χ0v) is 28.4. The number of benzene rings is 2. The van der Waals surface area contributed by atoms with Crippen LogP contribution in [0.3, 0.4) is 0 Å². The van der Waals surface area contributed by atoms with Crippen molar-refractivity contribution in [1.82, 2.24) is 19.8 Å². The van der Waals surface area contributed by atoms with Crippen LogP contribution < -0.4 is 30.1 Å². The Morgan fingerprint density at radius 2 is 1.88 bits per heavy atom. The Kier molecular flexibility index (Phi) is 9.64. The molecule has 2 N–H and O–H groups in total. The van der Waals surface area contributed by atoms with E-state index < -0.39 is 18.3 Å². The maximum absolute atomic E-state index is 13.4. The van der Waals surface area contributed by atoms with E-state index in [4.69, 9.17) is 19.2 Å². The molecule has 0 spiro atoms. The van der Waals surface area contributed by atoms with E-state index in [-0.39, 0.29) is 43.2 Å². The van der Waals surface area contributed by atoms with Crippen molar-refractivity contribution < 1.29 is 33.7 Å². The number of carboxylic acid groups (broad SMARTS) is 1. The molecule has 2 aromatic carbocycles. The topological polar surface area (TPSA) is 180 Å². The van der Waals surface area contributed by atoms with Gasteiger partial charge in [-0.25, -0.2) is 14.6 Å². The van der Waals surface area contributed by atoms with Crippen molar-refractivity contribution >= 4 is 40.6 Å². The number of pyridine rings is 2. The number of fused-ring (bicyclic) bond motifs is 3. The highest BCUT2D eigenvalue weighted by Gasteiger charge is 2.48. The SMILES string of the molecule is COc1ccc(CN2C(=O)COc3ccc(N4C(=O)O[C@@H]5C[C@H](N(CCNC(=O)O)CCn6c(=O)ccc7ccc(C#N)cc76)CC[C@H]54)nc32)cc1. The van der Waals surface area contributed by atoms with Crippen molar-refractivity contribution in [2.45, 2.75) is 50.5 Å². The third-order valence-corrected chi connectivity index (χ3v) is 9.91. The molecule has 2 fully saturated rings. The van der Waals surface area contributed by atoms with E-state index in [9.17, 15) is 29.5 Å². The molecule has 4 aromatic rings. The molecule has 15 nitrogen and oxygen atoms in total. The van der Waals surface area contributed by atoms with Crippen LogP contribution in [0.5, 0.6) is 11.5 Å². The maximum atomic E-state index is 13.4. The fourth-order valence-corrected chi connectivity index (χ4v) is 7.31. The molecule has 4 heterocycles. The first-order chi connectivity index (χ1) is 25.2. The van der Waals surface area contributed by atoms with E-state index in [0.717, 1.165) is 10.9 Å². The summed E-state index contributed by atoms with van der Waals surface area (Å²) in [6.07, 6.45) is -0.411. The molecule has 1 aliphatic carbocycles. The van der Waals surface area contributed by atoms with Crippen molar-refractivity contribution in [1.29, 1.82) is 5.26 Å². The molecule has 2 aliphatic heterocycles. The van der Waals surface area contributed by atoms with E-state index in [1.807, 2.05) is 24.3 Å². The van der Waals surface area contributed by atoms with Gasteiger partial charge in [-0.15, -0.1) is 0 Å². The minimum atomic E-state index is -1.13. The van der Waals surface area contributed by atoms with Gasteiger partial charge in [0.2, 0.25) is 0 Å². The molecule has 0 bridgehead atoms. The second kappa shape index (κ2) is 14.6. The summed E-state index contributed by atoms with van der Waals surface area (Å²) in [6.45, 7) is 1.39. The van der Waals surface area contributed by atoms with Gasteiger partial charge in [-0.05, 0) is 66.3 Å². The summed E-state index contributed by atoms with van der Waals surface area (Å²) in [6, 6.07) is 21.0. The summed E-state index contributed by atoms with van der Waals surface area (Å²) in [5.41, 5.74) is 1.75. The highest BCUT2D eigenvalue weighted by molar-refractivity contribution is 5.97. The van der Waals surface area contributed by atoms with Gasteiger partial charge in [-0.2, -0.15) is 5.26 Å². The van der Waals surface area contributed by atoms with Crippen LogP contribution in [0.25, 0.3) is 10.9 Å². The Morgan fingerprint density at radius 1 is 1.08 bits per heavy atom. The van der Waals surface area contributed by atoms with Crippen LogP contribution in [-0.4, -0.2) is 89.2 Å². The Morgan fingerprint density at radius 3 is 2.65 bits per heavy atom. The summed E-state index contributed by atoms with van der Waals surface area (Å²) in [7, 11) is 1.59. The molecule has 15 heteroatoms. The first-order valence-electron chi connectivity index (χ1n) is 17.0. The van der Waals surface area contributed by atoms with Gasteiger partial charge in [0.1, 0.15) is 17.7 Å². The summed E-state index contributed by atoms with van der Waals surface area (Å²) < 4.78 is 18.5. The average molecular weight is 708 g/mol. The Balaban J connectivity index is 1.09. The van der Waals surface area contributed by atoms with Gasteiger partial charge in [-0.3, -0.25) is 24.3 Å². The van der Waals surface area contributed by atoms with Crippen molar-refractivity contribution in [3.63, 3.8) is 0 Å². The molecule has 3 aliphatic rings. The molecule has 7 rings (SSSR count). The van der Waals surface area contributed by atoms with E-state index in [1.54, 1.807) is 57.9 Å². The maximum Gasteiger partial charge on any atom is 0.416 e. The third kappa shape index (κ3) is 6.93. The van der Waals surface area contributed by atoms with Crippen LogP contribution in [0.1, 0.15) is 30.4 Å². The van der Waals surface area contributed by atoms with Crippen LogP contribution >= 0.6 is 0 Å². The Hall–Kier alpha value is -6.14. The van der Waals surface area contributed by atoms with Gasteiger partial charge in [0, 0.05) is 44.7 Å². The monoisotopic (exact) mass is 707 g/mol. The number of aromatic nitrogens is 2. The number of carbonyl (C=O) groups is 3. The zero-order chi connectivity index (χ0) is 36.4. The number of anilines is 2. The minimum Gasteiger partial charge on any atom is -0.497 e. The number of ether oxygens (including phenoxy) is 3. The smallest absolute Gasteiger partial charge is 0.416 e. The molecule has 2 aromatic heterocycles. The fourth-order valence-electron chi connectivity index (χ4n) is 7.31. The lowest BCUT2D eigenvalue weighted by Crippen LogP contribution is -2.50. The van der Waals surface area contributed by atoms with Crippen LogP contribution in [0.4, 0.5) is 21.2 Å². The number of nitrogens with one attached hydrogen (secondary N) is 1. The number of amides is 3. The number of nitriles is 1. The average Bonchev–Trinajstić information content (AvgIpc) is 3.49. The van der Waals surface area contributed by atoms with E-state index in [1.165, 1.54) is 6.07 Å². The first kappa shape index (κ1) is 34.3. The quantitative estimate of drug-likeness (QED) is 0.232. The first-order valence-corrected chi connectivity index (χ1v) is 17.0. The van der Waals surface area contributed by atoms with Crippen molar-refractivity contribution in [2.75, 3.05) is 43.2 Å². The molecule has 0 unspecified atom stereocenters. The second-order valence-electron chi connectivity index (χ2n) is 12.9. The van der Waals surface area contributed by atoms with Crippen LogP contribution in [-0.2, 0) is 22.6 Å². The van der Waals surface area contributed by atoms with Gasteiger partial charge < -0.3 is 29.2 Å². The zero-order valence-electron chi connectivity index (χ0n) is 28.4. The third-order valence-electron chi connectivity index (χ3n) is 9.91. The summed E-state index contributed by atoms with van der Waals surface area (Å²) in [5.74, 6) is 1.54. The minimum absolute atomic E-state index is 0.0764. The largest absolute Gasteiger partial charge is 0.497 e. The molecule has 3 atom stereocenters. The van der Waals surface area contributed by atoms with Crippen molar-refractivity contribution in [3.8, 4) is 17.6 Å². The Bertz CT molecular complexity index is 2110. The summed E-state index contributed by atoms with van der Waals surface area (Å²) >= 11 is 0. The number of methoxy groups -OCH3 is 1. The Labute approximate surface area is 298 Å². The lowest BCUT2D eigenvalue weighted by Gasteiger charge is -2.39. The molecule has 52 heavy (non-hydrogen) atoms. The van der Waals surface area contributed by atoms with Gasteiger partial charge in [0.15, 0.2) is 18.2 Å². The van der Waals surface area contributed by atoms with Crippen LogP contribution in [0.2, 0.25) is 0 Å². The fraction of sp³-hybridized carbons (Fsp3) is 0.351. The van der Waals surface area contributed by atoms with E-state index >= 15 is 0 Å². The van der Waals surface area contributed by atoms with Gasteiger partial charge in [0.25, 0.3) is 11.5 Å². The lowest BCUT2D eigenvalue weighted by molar-refractivity contribution is -0.121. The molecular weight excluding hydrogens is 670 g/mol. The number of carbonyl (C=O) groups excluding carboxylic acids is 2. The van der Waals surface area contributed by atoms with Crippen molar-refractivity contribution in [2.24, 2.45) is 0 Å². The van der Waals surface area contributed by atoms with Crippen molar-refractivity contribution in [3.05, 3.63) is 88.2 Å². The summed E-state index contributed by atoms with van der Waals surface area (Å²) in [4.78, 5) is 60.7. The molecular formula is C37H37N7O8. The lowest BCUT2D eigenvalue weighted by atomic mass is 9.87. The normalized spacial score (nSPS) is 19.4. The van der Waals surface area contributed by atoms with E-state index in [0.29, 0.717) is 73.1 Å². The number of rotatable bonds is 11. The van der Waals surface area contributed by atoms with E-state index in [2.05, 4.69) is 16.3 Å². The second-order valence-corrected chi connectivity index (χ2v) is 12.9. The molecule has 1 saturated carbocycles. The highest BCUT2D eigenvalue weighted by atomic mass is 16.6. The number of nitrogens with zero attached hydrogens (tertiary/aromatic N) is 6. The molecule has 3 amide bonds. The molecule has 0 radical (unpaired) electrons. The molecule has 268 valence electrons. The standard InChI is InChI=1S/C37H37N7O8/c1-50-27-8-3-23(4-9-27)21-43-34(46)22-51-30-11-12-32(40-35(30)43)44-28-10-7-26(19-31(28)52-37(44)49)41(15-14-39-36(47)48)16-17-42-29-18-24(20-38)2-5-25(29)6-13-33(42)45/h2-6,8-9,11-13,18,26,28,31,39H,7,10,14-17,19,21-22H2,1H3,(H,47,48)/t26-,28-,31-/m1/s1. The summed E-state index contributed by atoms with van der Waals surface area (Å²) in [5, 5.41) is 21.9. The van der Waals surface area contributed by atoms with Crippen LogP contribution in [0.15, 0.2) is 71.5 Å². The van der Waals surface area contributed by atoms with Gasteiger partial charge in [0.05, 0.1) is 36.8 Å². The van der Waals surface area contributed by atoms with Gasteiger partial charge >= 0.3 is 12.2 Å². The highest BCUT2D eigenvalue weighted by Crippen LogP contribution is 2.39. The molecule has 1 saturated heterocycles. The number of hydrogen-bond donors (Lipinski definition) is 2. The van der Waals surface area contributed by atoms with Crippen LogP contribution in [0, 0.1) is 11.3 Å². The van der Waals surface area contributed by atoms with Gasteiger partial charge in [-0.1, -0.05) is 18.2 Å². The predicted octanol–water partition coefficient (Wildman–Crippen LogP) is 3.72.